The lowest BCUT2D eigenvalue weighted by Crippen LogP contribution is -2.46. The Labute approximate surface area is 187 Å². The molecule has 0 unspecified atom stereocenters. The molecule has 0 saturated carbocycles. The second-order valence-corrected chi connectivity index (χ2v) is 9.28. The number of rotatable bonds is 4. The van der Waals surface area contributed by atoms with Gasteiger partial charge in [-0.05, 0) is 48.9 Å². The summed E-state index contributed by atoms with van der Waals surface area (Å²) in [5, 5.41) is 3.00. The van der Waals surface area contributed by atoms with E-state index in [1.165, 1.54) is 17.4 Å². The average Bonchev–Trinajstić information content (AvgIpc) is 3.46. The van der Waals surface area contributed by atoms with Crippen molar-refractivity contribution in [3.63, 3.8) is 0 Å². The standard InChI is InChI=1S/C22H19ClN4O3S/c23-18-9-8-17(31-18)21(29)24-16-10-12-25-13-27(22(30)20(16)25)15-6-4-14(5-7-15)26-11-2-1-3-19(26)28/h1-9,11,16,20H,10,12-13H2,(H,24,29)/t16-,20+/m1/s1. The van der Waals surface area contributed by atoms with E-state index in [9.17, 15) is 14.4 Å². The number of nitrogens with zero attached hydrogens (tertiary/aromatic N) is 3. The fraction of sp³-hybridized carbons (Fsp3) is 0.227. The van der Waals surface area contributed by atoms with Crippen LogP contribution in [0.2, 0.25) is 4.34 Å². The minimum absolute atomic E-state index is 0.0309. The van der Waals surface area contributed by atoms with Gasteiger partial charge in [0.1, 0.15) is 6.04 Å². The van der Waals surface area contributed by atoms with Crippen molar-refractivity contribution in [2.45, 2.75) is 18.5 Å². The van der Waals surface area contributed by atoms with Crippen LogP contribution >= 0.6 is 22.9 Å². The van der Waals surface area contributed by atoms with Crippen LogP contribution in [-0.4, -0.2) is 46.6 Å². The molecule has 0 radical (unpaired) electrons. The highest BCUT2D eigenvalue weighted by atomic mass is 35.5. The second kappa shape index (κ2) is 7.96. The molecule has 158 valence electrons. The molecular formula is C22H19ClN4O3S. The summed E-state index contributed by atoms with van der Waals surface area (Å²) in [6.45, 7) is 1.21. The Morgan fingerprint density at radius 1 is 1.03 bits per heavy atom. The third kappa shape index (κ3) is 3.67. The van der Waals surface area contributed by atoms with Gasteiger partial charge in [-0.2, -0.15) is 0 Å². The van der Waals surface area contributed by atoms with E-state index in [4.69, 9.17) is 11.6 Å². The number of carbonyl (C=O) groups excluding carboxylic acids is 2. The maximum atomic E-state index is 13.2. The Hall–Kier alpha value is -2.94. The number of nitrogens with one attached hydrogen (secondary N) is 1. The maximum absolute atomic E-state index is 13.2. The van der Waals surface area contributed by atoms with Crippen molar-refractivity contribution in [1.82, 2.24) is 14.8 Å². The molecule has 2 amide bonds. The number of carbonyl (C=O) groups is 2. The number of halogens is 1. The topological polar surface area (TPSA) is 74.7 Å². The summed E-state index contributed by atoms with van der Waals surface area (Å²) in [4.78, 5) is 42.1. The molecule has 2 fully saturated rings. The highest BCUT2D eigenvalue weighted by Gasteiger charge is 2.48. The first kappa shape index (κ1) is 20.0. The summed E-state index contributed by atoms with van der Waals surface area (Å²) in [5.74, 6) is -0.232. The van der Waals surface area contributed by atoms with Crippen molar-refractivity contribution in [3.05, 3.63) is 80.4 Å². The van der Waals surface area contributed by atoms with E-state index < -0.39 is 0 Å². The molecular weight excluding hydrogens is 436 g/mol. The van der Waals surface area contributed by atoms with E-state index in [1.807, 2.05) is 24.3 Å². The fourth-order valence-electron chi connectivity index (χ4n) is 4.22. The van der Waals surface area contributed by atoms with Gasteiger partial charge in [-0.15, -0.1) is 11.3 Å². The van der Waals surface area contributed by atoms with Gasteiger partial charge in [0.15, 0.2) is 0 Å². The van der Waals surface area contributed by atoms with Crippen LogP contribution in [0.25, 0.3) is 5.69 Å². The van der Waals surface area contributed by atoms with Crippen LogP contribution in [0.3, 0.4) is 0 Å². The average molecular weight is 455 g/mol. The number of pyridine rings is 1. The lowest BCUT2D eigenvalue weighted by Gasteiger charge is -2.20. The van der Waals surface area contributed by atoms with Gasteiger partial charge in [0.25, 0.3) is 11.5 Å². The normalized spacial score (nSPS) is 20.8. The van der Waals surface area contributed by atoms with E-state index in [2.05, 4.69) is 10.2 Å². The summed E-state index contributed by atoms with van der Waals surface area (Å²) < 4.78 is 2.11. The molecule has 4 heterocycles. The molecule has 3 aromatic rings. The van der Waals surface area contributed by atoms with E-state index in [1.54, 1.807) is 39.9 Å². The summed E-state index contributed by atoms with van der Waals surface area (Å²) >= 11 is 7.15. The molecule has 9 heteroatoms. The molecule has 2 aromatic heterocycles. The van der Waals surface area contributed by atoms with Crippen molar-refractivity contribution < 1.29 is 9.59 Å². The molecule has 1 N–H and O–H groups in total. The van der Waals surface area contributed by atoms with Gasteiger partial charge in [0.05, 0.1) is 21.9 Å². The molecule has 1 aromatic carbocycles. The molecule has 0 bridgehead atoms. The van der Waals surface area contributed by atoms with Gasteiger partial charge in [-0.3, -0.25) is 28.8 Å². The highest BCUT2D eigenvalue weighted by molar-refractivity contribution is 7.18. The first-order valence-electron chi connectivity index (χ1n) is 9.91. The van der Waals surface area contributed by atoms with Gasteiger partial charge in [-0.1, -0.05) is 17.7 Å². The molecule has 5 rings (SSSR count). The van der Waals surface area contributed by atoms with Crippen molar-refractivity contribution in [1.29, 1.82) is 0 Å². The van der Waals surface area contributed by atoms with E-state index in [0.29, 0.717) is 15.9 Å². The minimum atomic E-state index is -0.379. The molecule has 2 saturated heterocycles. The molecule has 2 aliphatic heterocycles. The fourth-order valence-corrected chi connectivity index (χ4v) is 5.17. The van der Waals surface area contributed by atoms with Gasteiger partial charge in [0.2, 0.25) is 5.91 Å². The first-order valence-corrected chi connectivity index (χ1v) is 11.1. The quantitative estimate of drug-likeness (QED) is 0.657. The van der Waals surface area contributed by atoms with E-state index in [0.717, 1.165) is 24.3 Å². The Kier molecular flexibility index (Phi) is 5.13. The van der Waals surface area contributed by atoms with Crippen LogP contribution in [0.1, 0.15) is 16.1 Å². The lowest BCUT2D eigenvalue weighted by molar-refractivity contribution is -0.119. The molecule has 2 aliphatic rings. The van der Waals surface area contributed by atoms with Gasteiger partial charge >= 0.3 is 0 Å². The monoisotopic (exact) mass is 454 g/mol. The number of benzene rings is 1. The summed E-state index contributed by atoms with van der Waals surface area (Å²) in [6.07, 6.45) is 2.44. The van der Waals surface area contributed by atoms with Crippen LogP contribution in [0.5, 0.6) is 0 Å². The van der Waals surface area contributed by atoms with Crippen molar-refractivity contribution in [2.75, 3.05) is 18.1 Å². The molecule has 7 nitrogen and oxygen atoms in total. The molecule has 0 aliphatic carbocycles. The van der Waals surface area contributed by atoms with Crippen molar-refractivity contribution in [2.24, 2.45) is 0 Å². The zero-order valence-corrected chi connectivity index (χ0v) is 18.0. The number of thiophene rings is 1. The second-order valence-electron chi connectivity index (χ2n) is 7.56. The lowest BCUT2D eigenvalue weighted by atomic mass is 10.1. The Morgan fingerprint density at radius 2 is 1.81 bits per heavy atom. The Morgan fingerprint density at radius 3 is 2.52 bits per heavy atom. The number of hydrogen-bond acceptors (Lipinski definition) is 5. The summed E-state index contributed by atoms with van der Waals surface area (Å²) in [6, 6.07) is 15.1. The molecule has 31 heavy (non-hydrogen) atoms. The number of aromatic nitrogens is 1. The number of fused-ring (bicyclic) bond motifs is 1. The van der Waals surface area contributed by atoms with Crippen LogP contribution < -0.4 is 15.8 Å². The Balaban J connectivity index is 1.32. The third-order valence-corrected chi connectivity index (χ3v) is 6.95. The van der Waals surface area contributed by atoms with E-state index >= 15 is 0 Å². The summed E-state index contributed by atoms with van der Waals surface area (Å²) in [7, 11) is 0. The predicted octanol–water partition coefficient (Wildman–Crippen LogP) is 2.73. The predicted molar refractivity (Wildman–Crippen MR) is 120 cm³/mol. The number of hydrogen-bond donors (Lipinski definition) is 1. The van der Waals surface area contributed by atoms with Gasteiger partial charge in [0, 0.05) is 30.2 Å². The highest BCUT2D eigenvalue weighted by Crippen LogP contribution is 2.31. The van der Waals surface area contributed by atoms with Gasteiger partial charge in [-0.25, -0.2) is 0 Å². The van der Waals surface area contributed by atoms with Gasteiger partial charge < -0.3 is 5.32 Å². The zero-order valence-electron chi connectivity index (χ0n) is 16.4. The van der Waals surface area contributed by atoms with Crippen molar-refractivity contribution in [3.8, 4) is 5.69 Å². The van der Waals surface area contributed by atoms with Crippen LogP contribution in [0, 0.1) is 0 Å². The molecule has 0 spiro atoms. The zero-order chi connectivity index (χ0) is 21.5. The van der Waals surface area contributed by atoms with Crippen molar-refractivity contribution >= 4 is 40.4 Å². The van der Waals surface area contributed by atoms with Crippen LogP contribution in [0.15, 0.2) is 65.6 Å². The maximum Gasteiger partial charge on any atom is 0.261 e. The SMILES string of the molecule is O=C(N[C@@H]1CCN2CN(c3ccc(-n4ccccc4=O)cc3)C(=O)[C@H]12)c1ccc(Cl)s1. The Bertz CT molecular complexity index is 1210. The van der Waals surface area contributed by atoms with Crippen LogP contribution in [-0.2, 0) is 4.79 Å². The van der Waals surface area contributed by atoms with E-state index in [-0.39, 0.29) is 29.5 Å². The van der Waals surface area contributed by atoms with Crippen LogP contribution in [0.4, 0.5) is 5.69 Å². The number of anilines is 1. The third-order valence-electron chi connectivity index (χ3n) is 5.72. The summed E-state index contributed by atoms with van der Waals surface area (Å²) in [5.41, 5.74) is 1.39. The minimum Gasteiger partial charge on any atom is -0.346 e. The number of amides is 2. The largest absolute Gasteiger partial charge is 0.346 e. The first-order chi connectivity index (χ1) is 15.0. The molecule has 2 atom stereocenters. The smallest absolute Gasteiger partial charge is 0.261 e.